The standard InChI is InChI=1S/C19H24O9/c1-8(27-19-18(25)17(24)16(23)14(7-20)28-19)3-10-5-11(21)6-13-15(10)12(22)4-9(2)26-13/h4-6,8,14,16-21,23-25H,3,7H2,1-2H3/t8?,14-,16-,17+,18-,19-/m1/s1. The quantitative estimate of drug-likeness (QED) is 0.453. The Balaban J connectivity index is 1.82. The van der Waals surface area contributed by atoms with Crippen LogP contribution in [0.5, 0.6) is 5.75 Å². The van der Waals surface area contributed by atoms with Gasteiger partial charge in [-0.05, 0) is 31.9 Å². The molecule has 0 saturated carbocycles. The summed E-state index contributed by atoms with van der Waals surface area (Å²) >= 11 is 0. The Hall–Kier alpha value is -2.01. The molecule has 1 fully saturated rings. The van der Waals surface area contributed by atoms with E-state index in [9.17, 15) is 30.3 Å². The van der Waals surface area contributed by atoms with Gasteiger partial charge in [-0.2, -0.15) is 0 Å². The molecule has 0 amide bonds. The van der Waals surface area contributed by atoms with E-state index in [1.165, 1.54) is 18.2 Å². The molecule has 28 heavy (non-hydrogen) atoms. The highest BCUT2D eigenvalue weighted by Crippen LogP contribution is 2.27. The van der Waals surface area contributed by atoms with Gasteiger partial charge in [0.05, 0.1) is 18.1 Å². The Bertz CT molecular complexity index is 886. The maximum Gasteiger partial charge on any atom is 0.193 e. The fourth-order valence-electron chi connectivity index (χ4n) is 3.40. The first kappa shape index (κ1) is 20.7. The van der Waals surface area contributed by atoms with Crippen molar-refractivity contribution in [1.29, 1.82) is 0 Å². The average molecular weight is 396 g/mol. The zero-order chi connectivity index (χ0) is 20.6. The molecule has 1 unspecified atom stereocenters. The van der Waals surface area contributed by atoms with E-state index in [1.54, 1.807) is 13.8 Å². The number of ether oxygens (including phenoxy) is 2. The Morgan fingerprint density at radius 2 is 1.86 bits per heavy atom. The van der Waals surface area contributed by atoms with Crippen LogP contribution in [0.2, 0.25) is 0 Å². The third-order valence-corrected chi connectivity index (χ3v) is 4.74. The Morgan fingerprint density at radius 3 is 2.54 bits per heavy atom. The van der Waals surface area contributed by atoms with Crippen molar-refractivity contribution in [1.82, 2.24) is 0 Å². The van der Waals surface area contributed by atoms with Crippen molar-refractivity contribution in [3.05, 3.63) is 39.7 Å². The molecule has 2 aromatic rings. The fourth-order valence-corrected chi connectivity index (χ4v) is 3.40. The number of phenols is 1. The summed E-state index contributed by atoms with van der Waals surface area (Å²) in [6.45, 7) is 2.74. The van der Waals surface area contributed by atoms with Crippen LogP contribution in [0, 0.1) is 6.92 Å². The number of aryl methyl sites for hydroxylation is 1. The van der Waals surface area contributed by atoms with Crippen LogP contribution in [0.1, 0.15) is 18.2 Å². The van der Waals surface area contributed by atoms with Crippen LogP contribution in [0.3, 0.4) is 0 Å². The van der Waals surface area contributed by atoms with Crippen LogP contribution < -0.4 is 5.43 Å². The number of hydrogen-bond donors (Lipinski definition) is 5. The van der Waals surface area contributed by atoms with Gasteiger partial charge in [-0.1, -0.05) is 0 Å². The minimum atomic E-state index is -1.54. The average Bonchev–Trinajstić information content (AvgIpc) is 2.61. The molecule has 6 atom stereocenters. The first-order chi connectivity index (χ1) is 13.2. The zero-order valence-corrected chi connectivity index (χ0v) is 15.5. The van der Waals surface area contributed by atoms with E-state index in [0.29, 0.717) is 16.7 Å². The molecule has 0 spiro atoms. The van der Waals surface area contributed by atoms with E-state index in [0.717, 1.165) is 0 Å². The maximum atomic E-state index is 12.4. The summed E-state index contributed by atoms with van der Waals surface area (Å²) in [7, 11) is 0. The van der Waals surface area contributed by atoms with Gasteiger partial charge >= 0.3 is 0 Å². The van der Waals surface area contributed by atoms with Gasteiger partial charge in [0.15, 0.2) is 11.7 Å². The number of fused-ring (bicyclic) bond motifs is 1. The van der Waals surface area contributed by atoms with E-state index >= 15 is 0 Å². The van der Waals surface area contributed by atoms with Gasteiger partial charge in [0, 0.05) is 12.1 Å². The topological polar surface area (TPSA) is 150 Å². The summed E-state index contributed by atoms with van der Waals surface area (Å²) in [5.41, 5.74) is 0.481. The number of rotatable bonds is 5. The van der Waals surface area contributed by atoms with E-state index in [1.807, 2.05) is 0 Å². The largest absolute Gasteiger partial charge is 0.508 e. The van der Waals surface area contributed by atoms with Crippen molar-refractivity contribution in [2.24, 2.45) is 0 Å². The van der Waals surface area contributed by atoms with Gasteiger partial charge in [-0.25, -0.2) is 0 Å². The van der Waals surface area contributed by atoms with E-state index in [2.05, 4.69) is 0 Å². The Morgan fingerprint density at radius 1 is 1.14 bits per heavy atom. The highest BCUT2D eigenvalue weighted by atomic mass is 16.7. The highest BCUT2D eigenvalue weighted by Gasteiger charge is 2.44. The summed E-state index contributed by atoms with van der Waals surface area (Å²) in [5.74, 6) is 0.343. The molecular weight excluding hydrogens is 372 g/mol. The van der Waals surface area contributed by atoms with Crippen LogP contribution in [0.15, 0.2) is 27.4 Å². The van der Waals surface area contributed by atoms with E-state index < -0.39 is 43.4 Å². The van der Waals surface area contributed by atoms with Crippen molar-refractivity contribution < 1.29 is 39.4 Å². The number of aliphatic hydroxyl groups excluding tert-OH is 4. The molecule has 1 saturated heterocycles. The number of aliphatic hydroxyl groups is 4. The second kappa shape index (κ2) is 8.16. The van der Waals surface area contributed by atoms with Gasteiger partial charge in [-0.3, -0.25) is 4.79 Å². The molecule has 1 aromatic carbocycles. The zero-order valence-electron chi connectivity index (χ0n) is 15.5. The van der Waals surface area contributed by atoms with E-state index in [4.69, 9.17) is 13.9 Å². The van der Waals surface area contributed by atoms with Gasteiger partial charge in [0.25, 0.3) is 0 Å². The molecule has 3 rings (SSSR count). The van der Waals surface area contributed by atoms with Gasteiger partial charge in [0.2, 0.25) is 0 Å². The summed E-state index contributed by atoms with van der Waals surface area (Å²) in [6, 6.07) is 4.14. The molecule has 0 radical (unpaired) electrons. The Labute approximate surface area is 160 Å². The summed E-state index contributed by atoms with van der Waals surface area (Å²) in [6.07, 6.45) is -7.33. The number of phenolic OH excluding ortho intramolecular Hbond substituents is 1. The molecule has 2 heterocycles. The predicted molar refractivity (Wildman–Crippen MR) is 96.9 cm³/mol. The summed E-state index contributed by atoms with van der Waals surface area (Å²) in [5, 5.41) is 49.3. The van der Waals surface area contributed by atoms with Gasteiger partial charge < -0.3 is 39.4 Å². The summed E-state index contributed by atoms with van der Waals surface area (Å²) < 4.78 is 16.5. The van der Waals surface area contributed by atoms with Gasteiger partial charge in [0.1, 0.15) is 41.5 Å². The number of hydrogen-bond acceptors (Lipinski definition) is 9. The van der Waals surface area contributed by atoms with Crippen LogP contribution >= 0.6 is 0 Å². The molecule has 1 aromatic heterocycles. The summed E-state index contributed by atoms with van der Waals surface area (Å²) in [4.78, 5) is 12.4. The molecule has 1 aliphatic heterocycles. The Kier molecular flexibility index (Phi) is 6.04. The molecule has 0 aliphatic carbocycles. The van der Waals surface area contributed by atoms with Crippen molar-refractivity contribution in [2.45, 2.75) is 57.1 Å². The highest BCUT2D eigenvalue weighted by molar-refractivity contribution is 5.82. The number of benzene rings is 1. The lowest BCUT2D eigenvalue weighted by molar-refractivity contribution is -0.309. The SMILES string of the molecule is Cc1cc(=O)c2c(CC(C)O[C@@H]3O[C@H](CO)[C@@H](O)[C@H](O)[C@H]3O)cc(O)cc2o1. The third-order valence-electron chi connectivity index (χ3n) is 4.74. The monoisotopic (exact) mass is 396 g/mol. The smallest absolute Gasteiger partial charge is 0.193 e. The van der Waals surface area contributed by atoms with Crippen molar-refractivity contribution in [3.63, 3.8) is 0 Å². The van der Waals surface area contributed by atoms with Gasteiger partial charge in [-0.15, -0.1) is 0 Å². The third kappa shape index (κ3) is 4.04. The molecular formula is C19H24O9. The first-order valence-electron chi connectivity index (χ1n) is 8.93. The molecule has 9 heteroatoms. The lowest BCUT2D eigenvalue weighted by atomic mass is 9.99. The van der Waals surface area contributed by atoms with Crippen molar-refractivity contribution >= 4 is 11.0 Å². The fraction of sp³-hybridized carbons (Fsp3) is 0.526. The second-order valence-corrected chi connectivity index (χ2v) is 7.05. The first-order valence-corrected chi connectivity index (χ1v) is 8.93. The molecule has 1 aliphatic rings. The molecule has 0 bridgehead atoms. The lowest BCUT2D eigenvalue weighted by Crippen LogP contribution is -2.59. The number of aromatic hydroxyl groups is 1. The molecule has 9 nitrogen and oxygen atoms in total. The lowest BCUT2D eigenvalue weighted by Gasteiger charge is -2.40. The normalized spacial score (nSPS) is 29.1. The second-order valence-electron chi connectivity index (χ2n) is 7.05. The van der Waals surface area contributed by atoms with E-state index in [-0.39, 0.29) is 23.2 Å². The molecule has 154 valence electrons. The molecule has 5 N–H and O–H groups in total. The minimum Gasteiger partial charge on any atom is -0.508 e. The van der Waals surface area contributed by atoms with Crippen LogP contribution in [0.4, 0.5) is 0 Å². The van der Waals surface area contributed by atoms with Crippen LogP contribution in [-0.4, -0.2) is 68.9 Å². The van der Waals surface area contributed by atoms with Crippen LogP contribution in [-0.2, 0) is 15.9 Å². The maximum absolute atomic E-state index is 12.4. The minimum absolute atomic E-state index is 0.0729. The van der Waals surface area contributed by atoms with Crippen LogP contribution in [0.25, 0.3) is 11.0 Å². The van der Waals surface area contributed by atoms with Crippen molar-refractivity contribution in [3.8, 4) is 5.75 Å². The predicted octanol–water partition coefficient (Wildman–Crippen LogP) is -0.445. The van der Waals surface area contributed by atoms with Crippen molar-refractivity contribution in [2.75, 3.05) is 6.61 Å².